The molecule has 2 aromatic carbocycles. The molecule has 1 saturated carbocycles. The summed E-state index contributed by atoms with van der Waals surface area (Å²) < 4.78 is 0. The van der Waals surface area contributed by atoms with Crippen molar-refractivity contribution < 1.29 is 9.59 Å². The van der Waals surface area contributed by atoms with Gasteiger partial charge in [-0.05, 0) is 62.4 Å². The number of nitrogens with one attached hydrogen (secondary N) is 1. The van der Waals surface area contributed by atoms with Gasteiger partial charge in [0.15, 0.2) is 0 Å². The van der Waals surface area contributed by atoms with Crippen LogP contribution in [0, 0.1) is 25.7 Å². The van der Waals surface area contributed by atoms with E-state index >= 15 is 0 Å². The van der Waals surface area contributed by atoms with Crippen molar-refractivity contribution in [2.24, 2.45) is 11.8 Å². The van der Waals surface area contributed by atoms with Crippen LogP contribution in [0.5, 0.6) is 0 Å². The first-order valence-electron chi connectivity index (χ1n) is 9.35. The number of fused-ring (bicyclic) bond motifs is 1. The maximum absolute atomic E-state index is 13.0. The molecule has 1 aliphatic heterocycles. The van der Waals surface area contributed by atoms with E-state index in [0.29, 0.717) is 17.1 Å². The van der Waals surface area contributed by atoms with Gasteiger partial charge in [-0.1, -0.05) is 35.9 Å². The molecule has 2 amide bonds. The van der Waals surface area contributed by atoms with Crippen LogP contribution in [-0.4, -0.2) is 17.9 Å². The Hall–Kier alpha value is -2.33. The summed E-state index contributed by atoms with van der Waals surface area (Å²) >= 11 is 6.29. The van der Waals surface area contributed by atoms with E-state index in [2.05, 4.69) is 18.3 Å². The van der Waals surface area contributed by atoms with Gasteiger partial charge in [-0.3, -0.25) is 9.59 Å². The number of benzene rings is 2. The van der Waals surface area contributed by atoms with E-state index in [1.807, 2.05) is 49.1 Å². The molecule has 2 aromatic rings. The normalized spacial score (nSPS) is 23.1. The van der Waals surface area contributed by atoms with Crippen LogP contribution in [0.4, 0.5) is 11.4 Å². The lowest BCUT2D eigenvalue weighted by molar-refractivity contribution is -0.123. The third-order valence-electron chi connectivity index (χ3n) is 5.57. The van der Waals surface area contributed by atoms with Gasteiger partial charge in [-0.25, -0.2) is 0 Å². The number of hydrogen-bond acceptors (Lipinski definition) is 2. The Bertz CT molecular complexity index is 917. The fourth-order valence-electron chi connectivity index (χ4n) is 4.13. The monoisotopic (exact) mass is 382 g/mol. The van der Waals surface area contributed by atoms with Crippen LogP contribution < -0.4 is 10.2 Å². The molecule has 0 saturated heterocycles. The minimum absolute atomic E-state index is 0.0549. The molecule has 0 bridgehead atoms. The highest BCUT2D eigenvalue weighted by Gasteiger charge is 2.51. The number of rotatable bonds is 3. The standard InChI is InChI=1S/C22H23ClN2O2/c1-12-8-13(2)20(18(23)9-12)24-21(26)16-11-17(16)22(27)25-14(3)10-15-6-4-5-7-19(15)25/h4-9,14,16-17H,10-11H2,1-3H3,(H,24,26). The maximum Gasteiger partial charge on any atom is 0.231 e. The number of nitrogens with zero attached hydrogens (tertiary/aromatic N) is 1. The molecule has 4 rings (SSSR count). The number of aryl methyl sites for hydroxylation is 2. The van der Waals surface area contributed by atoms with Crippen molar-refractivity contribution in [3.05, 3.63) is 58.1 Å². The number of carbonyl (C=O) groups excluding carboxylic acids is 2. The van der Waals surface area contributed by atoms with E-state index in [1.165, 1.54) is 5.56 Å². The van der Waals surface area contributed by atoms with Crippen LogP contribution in [0.2, 0.25) is 5.02 Å². The van der Waals surface area contributed by atoms with Crippen LogP contribution in [0.15, 0.2) is 36.4 Å². The first kappa shape index (κ1) is 18.1. The van der Waals surface area contributed by atoms with Crippen molar-refractivity contribution in [2.75, 3.05) is 10.2 Å². The summed E-state index contributed by atoms with van der Waals surface area (Å²) in [5.41, 5.74) is 4.81. The Kier molecular flexibility index (Phi) is 4.47. The molecule has 5 heteroatoms. The lowest BCUT2D eigenvalue weighted by Gasteiger charge is -2.23. The fourth-order valence-corrected chi connectivity index (χ4v) is 4.50. The van der Waals surface area contributed by atoms with Crippen molar-refractivity contribution in [1.82, 2.24) is 0 Å². The maximum atomic E-state index is 13.0. The van der Waals surface area contributed by atoms with E-state index in [4.69, 9.17) is 11.6 Å². The van der Waals surface area contributed by atoms with Crippen molar-refractivity contribution in [1.29, 1.82) is 0 Å². The largest absolute Gasteiger partial charge is 0.324 e. The Morgan fingerprint density at radius 1 is 1.15 bits per heavy atom. The smallest absolute Gasteiger partial charge is 0.231 e. The van der Waals surface area contributed by atoms with E-state index in [9.17, 15) is 9.59 Å². The molecular formula is C22H23ClN2O2. The van der Waals surface area contributed by atoms with Crippen molar-refractivity contribution in [3.8, 4) is 0 Å². The molecule has 1 heterocycles. The first-order chi connectivity index (χ1) is 12.9. The third kappa shape index (κ3) is 3.23. The Balaban J connectivity index is 1.47. The van der Waals surface area contributed by atoms with Gasteiger partial charge in [-0.2, -0.15) is 0 Å². The molecule has 0 aromatic heterocycles. The molecule has 1 aliphatic carbocycles. The van der Waals surface area contributed by atoms with E-state index in [-0.39, 0.29) is 29.7 Å². The van der Waals surface area contributed by atoms with Crippen molar-refractivity contribution in [2.45, 2.75) is 39.7 Å². The number of para-hydroxylation sites is 1. The quantitative estimate of drug-likeness (QED) is 0.849. The third-order valence-corrected chi connectivity index (χ3v) is 5.87. The predicted octanol–water partition coefficient (Wildman–Crippen LogP) is 4.51. The van der Waals surface area contributed by atoms with Crippen LogP contribution >= 0.6 is 11.6 Å². The van der Waals surface area contributed by atoms with Gasteiger partial charge in [0, 0.05) is 11.7 Å². The van der Waals surface area contributed by atoms with Crippen LogP contribution in [0.25, 0.3) is 0 Å². The second-order valence-corrected chi connectivity index (χ2v) is 8.17. The van der Waals surface area contributed by atoms with Gasteiger partial charge in [0.05, 0.1) is 22.5 Å². The molecule has 140 valence electrons. The van der Waals surface area contributed by atoms with Gasteiger partial charge in [0.25, 0.3) is 0 Å². The minimum atomic E-state index is -0.283. The Morgan fingerprint density at radius 2 is 1.89 bits per heavy atom. The molecule has 0 radical (unpaired) electrons. The van der Waals surface area contributed by atoms with Crippen molar-refractivity contribution in [3.63, 3.8) is 0 Å². The highest BCUT2D eigenvalue weighted by molar-refractivity contribution is 6.34. The fraction of sp³-hybridized carbons (Fsp3) is 0.364. The molecule has 1 N–H and O–H groups in total. The lowest BCUT2D eigenvalue weighted by Crippen LogP contribution is -2.37. The van der Waals surface area contributed by atoms with Gasteiger partial charge in [-0.15, -0.1) is 0 Å². The highest BCUT2D eigenvalue weighted by atomic mass is 35.5. The summed E-state index contributed by atoms with van der Waals surface area (Å²) in [7, 11) is 0. The number of halogens is 1. The van der Waals surface area contributed by atoms with Gasteiger partial charge in [0.2, 0.25) is 11.8 Å². The Labute approximate surface area is 164 Å². The zero-order valence-corrected chi connectivity index (χ0v) is 16.5. The molecule has 4 nitrogen and oxygen atoms in total. The van der Waals surface area contributed by atoms with Crippen LogP contribution in [0.1, 0.15) is 30.0 Å². The second-order valence-electron chi connectivity index (χ2n) is 7.77. The average molecular weight is 383 g/mol. The van der Waals surface area contributed by atoms with Crippen LogP contribution in [0.3, 0.4) is 0 Å². The number of amides is 2. The number of hydrogen-bond donors (Lipinski definition) is 1. The second kappa shape index (κ2) is 6.68. The van der Waals surface area contributed by atoms with Crippen LogP contribution in [-0.2, 0) is 16.0 Å². The van der Waals surface area contributed by atoms with Gasteiger partial charge < -0.3 is 10.2 Å². The number of carbonyl (C=O) groups is 2. The number of anilines is 2. The van der Waals surface area contributed by atoms with Crippen molar-refractivity contribution >= 4 is 34.8 Å². The zero-order valence-electron chi connectivity index (χ0n) is 15.8. The summed E-state index contributed by atoms with van der Waals surface area (Å²) in [6, 6.07) is 12.0. The summed E-state index contributed by atoms with van der Waals surface area (Å²) in [6.07, 6.45) is 1.46. The summed E-state index contributed by atoms with van der Waals surface area (Å²) in [5, 5.41) is 3.47. The molecule has 2 aliphatic rings. The summed E-state index contributed by atoms with van der Waals surface area (Å²) in [6.45, 7) is 5.95. The molecule has 1 fully saturated rings. The summed E-state index contributed by atoms with van der Waals surface area (Å²) in [4.78, 5) is 27.6. The molecule has 3 unspecified atom stereocenters. The topological polar surface area (TPSA) is 49.4 Å². The predicted molar refractivity (Wildman–Crippen MR) is 108 cm³/mol. The minimum Gasteiger partial charge on any atom is -0.324 e. The van der Waals surface area contributed by atoms with Gasteiger partial charge in [0.1, 0.15) is 0 Å². The lowest BCUT2D eigenvalue weighted by atomic mass is 10.1. The highest BCUT2D eigenvalue weighted by Crippen LogP contribution is 2.44. The molecule has 0 spiro atoms. The summed E-state index contributed by atoms with van der Waals surface area (Å²) in [5.74, 6) is -0.598. The zero-order chi connectivity index (χ0) is 19.3. The first-order valence-corrected chi connectivity index (χ1v) is 9.73. The SMILES string of the molecule is Cc1cc(C)c(NC(=O)C2CC2C(=O)N2c3ccccc3CC2C)c(Cl)c1. The van der Waals surface area contributed by atoms with E-state index < -0.39 is 0 Å². The molecule has 27 heavy (non-hydrogen) atoms. The molecule has 3 atom stereocenters. The average Bonchev–Trinajstić information content (AvgIpc) is 3.33. The van der Waals surface area contributed by atoms with Gasteiger partial charge >= 0.3 is 0 Å². The van der Waals surface area contributed by atoms with E-state index in [1.54, 1.807) is 0 Å². The Morgan fingerprint density at radius 3 is 2.63 bits per heavy atom. The molecular weight excluding hydrogens is 360 g/mol. The van der Waals surface area contributed by atoms with E-state index in [0.717, 1.165) is 23.2 Å².